The lowest BCUT2D eigenvalue weighted by molar-refractivity contribution is 0.0337. The van der Waals surface area contributed by atoms with E-state index in [1.54, 1.807) is 0 Å². The molecule has 1 fully saturated rings. The standard InChI is InChI=1S/C15H32N2O/c1-5-7-13-8-9-14(18)12-15(13)17(4)11-6-10-16(2)3/h13-15,18H,5-12H2,1-4H3. The summed E-state index contributed by atoms with van der Waals surface area (Å²) in [6.07, 6.45) is 6.92. The first-order valence-corrected chi connectivity index (χ1v) is 7.57. The van der Waals surface area contributed by atoms with E-state index in [1.807, 2.05) is 0 Å². The van der Waals surface area contributed by atoms with Crippen LogP contribution in [0.15, 0.2) is 0 Å². The summed E-state index contributed by atoms with van der Waals surface area (Å²) in [6.45, 7) is 4.57. The zero-order chi connectivity index (χ0) is 13.5. The van der Waals surface area contributed by atoms with Gasteiger partial charge < -0.3 is 14.9 Å². The Morgan fingerprint density at radius 3 is 2.44 bits per heavy atom. The Morgan fingerprint density at radius 2 is 1.83 bits per heavy atom. The molecule has 0 bridgehead atoms. The lowest BCUT2D eigenvalue weighted by Gasteiger charge is -2.40. The molecule has 1 N–H and O–H groups in total. The molecule has 0 radical (unpaired) electrons. The van der Waals surface area contributed by atoms with Gasteiger partial charge in [0.05, 0.1) is 6.10 Å². The van der Waals surface area contributed by atoms with Crippen LogP contribution >= 0.6 is 0 Å². The van der Waals surface area contributed by atoms with Gasteiger partial charge in [0, 0.05) is 6.04 Å². The summed E-state index contributed by atoms with van der Waals surface area (Å²) in [4.78, 5) is 4.74. The minimum absolute atomic E-state index is 0.0700. The van der Waals surface area contributed by atoms with Crippen molar-refractivity contribution in [2.24, 2.45) is 5.92 Å². The first kappa shape index (κ1) is 15.9. The molecule has 3 nitrogen and oxygen atoms in total. The van der Waals surface area contributed by atoms with Crippen LogP contribution in [0.4, 0.5) is 0 Å². The molecule has 0 heterocycles. The lowest BCUT2D eigenvalue weighted by atomic mass is 9.79. The average Bonchev–Trinajstić information content (AvgIpc) is 2.31. The summed E-state index contributed by atoms with van der Waals surface area (Å²) >= 11 is 0. The number of hydrogen-bond acceptors (Lipinski definition) is 3. The predicted octanol–water partition coefficient (Wildman–Crippen LogP) is 2.20. The molecule has 0 aromatic heterocycles. The largest absolute Gasteiger partial charge is 0.393 e. The van der Waals surface area contributed by atoms with Crippen molar-refractivity contribution in [1.82, 2.24) is 9.80 Å². The zero-order valence-electron chi connectivity index (χ0n) is 12.7. The van der Waals surface area contributed by atoms with Crippen LogP contribution in [-0.4, -0.2) is 61.3 Å². The highest BCUT2D eigenvalue weighted by molar-refractivity contribution is 4.85. The molecule has 0 aromatic rings. The number of nitrogens with zero attached hydrogens (tertiary/aromatic N) is 2. The molecule has 3 unspecified atom stereocenters. The highest BCUT2D eigenvalue weighted by Gasteiger charge is 2.31. The summed E-state index contributed by atoms with van der Waals surface area (Å²) in [5.41, 5.74) is 0. The third-order valence-electron chi connectivity index (χ3n) is 4.27. The quantitative estimate of drug-likeness (QED) is 0.756. The van der Waals surface area contributed by atoms with Crippen LogP contribution in [0.5, 0.6) is 0 Å². The van der Waals surface area contributed by atoms with E-state index in [1.165, 1.54) is 25.7 Å². The van der Waals surface area contributed by atoms with Gasteiger partial charge in [0.1, 0.15) is 0 Å². The van der Waals surface area contributed by atoms with Crippen molar-refractivity contribution in [3.63, 3.8) is 0 Å². The summed E-state index contributed by atoms with van der Waals surface area (Å²) < 4.78 is 0. The van der Waals surface area contributed by atoms with Gasteiger partial charge in [-0.25, -0.2) is 0 Å². The molecule has 3 heteroatoms. The molecule has 1 saturated carbocycles. The number of aliphatic hydroxyl groups excluding tert-OH is 1. The van der Waals surface area contributed by atoms with Crippen molar-refractivity contribution in [2.45, 2.75) is 57.6 Å². The zero-order valence-corrected chi connectivity index (χ0v) is 12.7. The Bertz CT molecular complexity index is 221. The first-order valence-electron chi connectivity index (χ1n) is 7.57. The molecular weight excluding hydrogens is 224 g/mol. The predicted molar refractivity (Wildman–Crippen MR) is 77.8 cm³/mol. The molecule has 0 saturated heterocycles. The molecular formula is C15H32N2O. The SMILES string of the molecule is CCCC1CCC(O)CC1N(C)CCCN(C)C. The monoisotopic (exact) mass is 256 g/mol. The van der Waals surface area contributed by atoms with Crippen LogP contribution in [0.3, 0.4) is 0 Å². The Morgan fingerprint density at radius 1 is 1.11 bits per heavy atom. The Labute approximate surface area is 113 Å². The maximum absolute atomic E-state index is 9.89. The second kappa shape index (κ2) is 8.13. The van der Waals surface area contributed by atoms with E-state index >= 15 is 0 Å². The van der Waals surface area contributed by atoms with Crippen LogP contribution < -0.4 is 0 Å². The highest BCUT2D eigenvalue weighted by atomic mass is 16.3. The van der Waals surface area contributed by atoms with E-state index < -0.39 is 0 Å². The van der Waals surface area contributed by atoms with Crippen molar-refractivity contribution >= 4 is 0 Å². The van der Waals surface area contributed by atoms with Crippen LogP contribution in [0.1, 0.15) is 45.4 Å². The van der Waals surface area contributed by atoms with Gasteiger partial charge in [-0.05, 0) is 72.3 Å². The van der Waals surface area contributed by atoms with E-state index in [4.69, 9.17) is 0 Å². The molecule has 0 aliphatic heterocycles. The smallest absolute Gasteiger partial charge is 0.0555 e. The summed E-state index contributed by atoms with van der Waals surface area (Å²) in [5, 5.41) is 9.89. The molecule has 18 heavy (non-hydrogen) atoms. The van der Waals surface area contributed by atoms with Crippen LogP contribution in [-0.2, 0) is 0 Å². The van der Waals surface area contributed by atoms with Crippen molar-refractivity contribution in [2.75, 3.05) is 34.2 Å². The van der Waals surface area contributed by atoms with Gasteiger partial charge in [-0.15, -0.1) is 0 Å². The van der Waals surface area contributed by atoms with E-state index in [9.17, 15) is 5.11 Å². The van der Waals surface area contributed by atoms with Crippen molar-refractivity contribution in [3.05, 3.63) is 0 Å². The van der Waals surface area contributed by atoms with Crippen molar-refractivity contribution in [1.29, 1.82) is 0 Å². The second-order valence-corrected chi connectivity index (χ2v) is 6.22. The maximum Gasteiger partial charge on any atom is 0.0555 e. The normalized spacial score (nSPS) is 29.2. The fraction of sp³-hybridized carbons (Fsp3) is 1.00. The summed E-state index contributed by atoms with van der Waals surface area (Å²) in [5.74, 6) is 0.794. The van der Waals surface area contributed by atoms with Gasteiger partial charge in [-0.3, -0.25) is 0 Å². The van der Waals surface area contributed by atoms with E-state index in [0.717, 1.165) is 31.8 Å². The van der Waals surface area contributed by atoms with E-state index in [2.05, 4.69) is 37.9 Å². The number of aliphatic hydroxyl groups is 1. The molecule has 0 spiro atoms. The minimum Gasteiger partial charge on any atom is -0.393 e. The van der Waals surface area contributed by atoms with Crippen LogP contribution in [0, 0.1) is 5.92 Å². The molecule has 0 amide bonds. The van der Waals surface area contributed by atoms with Gasteiger partial charge in [-0.1, -0.05) is 13.3 Å². The lowest BCUT2D eigenvalue weighted by Crippen LogP contribution is -2.44. The summed E-state index contributed by atoms with van der Waals surface area (Å²) in [7, 11) is 6.50. The molecule has 108 valence electrons. The molecule has 0 aromatic carbocycles. The fourth-order valence-corrected chi connectivity index (χ4v) is 3.24. The van der Waals surface area contributed by atoms with Gasteiger partial charge in [0.15, 0.2) is 0 Å². The Hall–Kier alpha value is -0.120. The Balaban J connectivity index is 2.42. The molecule has 1 aliphatic carbocycles. The Kier molecular flexibility index (Phi) is 7.20. The van der Waals surface area contributed by atoms with Crippen LogP contribution in [0.25, 0.3) is 0 Å². The molecule has 3 atom stereocenters. The van der Waals surface area contributed by atoms with Gasteiger partial charge >= 0.3 is 0 Å². The number of rotatable bonds is 7. The average molecular weight is 256 g/mol. The number of hydrogen-bond donors (Lipinski definition) is 1. The third kappa shape index (κ3) is 5.25. The van der Waals surface area contributed by atoms with Gasteiger partial charge in [0.25, 0.3) is 0 Å². The first-order chi connectivity index (χ1) is 8.54. The topological polar surface area (TPSA) is 26.7 Å². The minimum atomic E-state index is -0.0700. The third-order valence-corrected chi connectivity index (χ3v) is 4.27. The molecule has 1 aliphatic rings. The van der Waals surface area contributed by atoms with E-state index in [-0.39, 0.29) is 6.10 Å². The highest BCUT2D eigenvalue weighted by Crippen LogP contribution is 2.31. The van der Waals surface area contributed by atoms with Crippen LogP contribution in [0.2, 0.25) is 0 Å². The van der Waals surface area contributed by atoms with Gasteiger partial charge in [0.2, 0.25) is 0 Å². The molecule has 1 rings (SSSR count). The van der Waals surface area contributed by atoms with E-state index in [0.29, 0.717) is 6.04 Å². The van der Waals surface area contributed by atoms with Crippen molar-refractivity contribution < 1.29 is 5.11 Å². The fourth-order valence-electron chi connectivity index (χ4n) is 3.24. The summed E-state index contributed by atoms with van der Waals surface area (Å²) in [6, 6.07) is 0.593. The maximum atomic E-state index is 9.89. The van der Waals surface area contributed by atoms with Crippen molar-refractivity contribution in [3.8, 4) is 0 Å². The second-order valence-electron chi connectivity index (χ2n) is 6.22. The van der Waals surface area contributed by atoms with Gasteiger partial charge in [-0.2, -0.15) is 0 Å².